The predicted molar refractivity (Wildman–Crippen MR) is 120 cm³/mol. The summed E-state index contributed by atoms with van der Waals surface area (Å²) < 4.78 is 1.97. The van der Waals surface area contributed by atoms with Crippen molar-refractivity contribution in [3.05, 3.63) is 54.4 Å². The van der Waals surface area contributed by atoms with Gasteiger partial charge in [-0.2, -0.15) is 5.10 Å². The highest BCUT2D eigenvalue weighted by molar-refractivity contribution is 14.0. The molecule has 1 aromatic heterocycles. The molecule has 1 atom stereocenters. The number of rotatable bonds is 8. The average molecular weight is 469 g/mol. The summed E-state index contributed by atoms with van der Waals surface area (Å²) in [6, 6.07) is 12.5. The van der Waals surface area contributed by atoms with Crippen molar-refractivity contribution in [1.82, 2.24) is 20.4 Å². The molecule has 0 aliphatic carbocycles. The van der Waals surface area contributed by atoms with Crippen molar-refractivity contribution in [2.75, 3.05) is 19.6 Å². The van der Waals surface area contributed by atoms with Crippen molar-refractivity contribution in [3.63, 3.8) is 0 Å². The Morgan fingerprint density at radius 1 is 1.19 bits per heavy atom. The summed E-state index contributed by atoms with van der Waals surface area (Å²) in [6.07, 6.45) is 3.81. The molecular formula is C20H32IN5. The number of aliphatic imine (C=N–C) groups is 1. The van der Waals surface area contributed by atoms with Crippen LogP contribution in [0.2, 0.25) is 0 Å². The van der Waals surface area contributed by atoms with Gasteiger partial charge in [-0.25, -0.2) is 0 Å². The van der Waals surface area contributed by atoms with Crippen LogP contribution in [0.25, 0.3) is 0 Å². The van der Waals surface area contributed by atoms with Crippen molar-refractivity contribution in [2.45, 2.75) is 39.7 Å². The fourth-order valence-corrected chi connectivity index (χ4v) is 2.66. The minimum absolute atomic E-state index is 0. The molecule has 0 saturated heterocycles. The summed E-state index contributed by atoms with van der Waals surface area (Å²) in [6.45, 7) is 12.1. The molecule has 2 rings (SSSR count). The van der Waals surface area contributed by atoms with Crippen molar-refractivity contribution in [3.8, 4) is 0 Å². The molecule has 0 aliphatic heterocycles. The molecule has 1 unspecified atom stereocenters. The molecule has 26 heavy (non-hydrogen) atoms. The third-order valence-electron chi connectivity index (χ3n) is 4.21. The normalized spacial score (nSPS) is 13.0. The van der Waals surface area contributed by atoms with Crippen LogP contribution in [0.1, 0.15) is 33.3 Å². The topological polar surface area (TPSA) is 54.2 Å². The molecule has 0 amide bonds. The number of halogens is 1. The number of hydrogen-bond acceptors (Lipinski definition) is 2. The lowest BCUT2D eigenvalue weighted by molar-refractivity contribution is 0.442. The smallest absolute Gasteiger partial charge is 0.191 e. The van der Waals surface area contributed by atoms with Crippen LogP contribution in [-0.4, -0.2) is 35.4 Å². The van der Waals surface area contributed by atoms with Gasteiger partial charge in [-0.1, -0.05) is 51.1 Å². The summed E-state index contributed by atoms with van der Waals surface area (Å²) in [4.78, 5) is 4.80. The number of hydrogen-bond donors (Lipinski definition) is 2. The first-order valence-corrected chi connectivity index (χ1v) is 9.06. The van der Waals surface area contributed by atoms with Crippen LogP contribution in [0.5, 0.6) is 0 Å². The Labute approximate surface area is 174 Å². The van der Waals surface area contributed by atoms with E-state index in [1.165, 1.54) is 5.56 Å². The zero-order valence-corrected chi connectivity index (χ0v) is 18.6. The van der Waals surface area contributed by atoms with E-state index in [0.717, 1.165) is 32.1 Å². The predicted octanol–water partition coefficient (Wildman–Crippen LogP) is 3.67. The fraction of sp³-hybridized carbons (Fsp3) is 0.500. The first-order chi connectivity index (χ1) is 12.0. The van der Waals surface area contributed by atoms with E-state index in [2.05, 4.69) is 73.8 Å². The Bertz CT molecular complexity index is 637. The summed E-state index contributed by atoms with van der Waals surface area (Å²) in [5, 5.41) is 11.1. The van der Waals surface area contributed by atoms with Crippen LogP contribution >= 0.6 is 24.0 Å². The van der Waals surface area contributed by atoms with Crippen molar-refractivity contribution in [2.24, 2.45) is 10.9 Å². The van der Waals surface area contributed by atoms with E-state index >= 15 is 0 Å². The molecule has 5 nitrogen and oxygen atoms in total. The summed E-state index contributed by atoms with van der Waals surface area (Å²) >= 11 is 0. The van der Waals surface area contributed by atoms with Gasteiger partial charge in [0.2, 0.25) is 0 Å². The highest BCUT2D eigenvalue weighted by atomic mass is 127. The van der Waals surface area contributed by atoms with Gasteiger partial charge in [-0.15, -0.1) is 24.0 Å². The van der Waals surface area contributed by atoms with Crippen LogP contribution < -0.4 is 10.6 Å². The molecule has 0 spiro atoms. The van der Waals surface area contributed by atoms with E-state index in [9.17, 15) is 0 Å². The van der Waals surface area contributed by atoms with Crippen LogP contribution in [0.15, 0.2) is 53.8 Å². The van der Waals surface area contributed by atoms with Gasteiger partial charge in [-0.05, 0) is 24.5 Å². The van der Waals surface area contributed by atoms with Gasteiger partial charge < -0.3 is 10.6 Å². The molecule has 144 valence electrons. The molecule has 0 bridgehead atoms. The highest BCUT2D eigenvalue weighted by Gasteiger charge is 2.20. The Hall–Kier alpha value is -1.57. The maximum absolute atomic E-state index is 4.80. The monoisotopic (exact) mass is 469 g/mol. The van der Waals surface area contributed by atoms with Gasteiger partial charge in [-0.3, -0.25) is 9.67 Å². The Kier molecular flexibility index (Phi) is 9.69. The molecule has 0 radical (unpaired) electrons. The van der Waals surface area contributed by atoms with Gasteiger partial charge in [0.1, 0.15) is 0 Å². The van der Waals surface area contributed by atoms with Crippen molar-refractivity contribution in [1.29, 1.82) is 0 Å². The second-order valence-electron chi connectivity index (χ2n) is 7.16. The van der Waals surface area contributed by atoms with Crippen LogP contribution in [0.3, 0.4) is 0 Å². The van der Waals surface area contributed by atoms with E-state index in [1.807, 2.05) is 23.1 Å². The minimum atomic E-state index is 0. The Morgan fingerprint density at radius 2 is 1.92 bits per heavy atom. The highest BCUT2D eigenvalue weighted by Crippen LogP contribution is 2.22. The maximum atomic E-state index is 4.80. The van der Waals surface area contributed by atoms with Crippen LogP contribution in [-0.2, 0) is 12.0 Å². The lowest BCUT2D eigenvalue weighted by Gasteiger charge is -2.24. The zero-order chi connectivity index (χ0) is 18.1. The number of benzene rings is 1. The van der Waals surface area contributed by atoms with E-state index < -0.39 is 0 Å². The molecule has 1 heterocycles. The molecule has 0 aliphatic rings. The summed E-state index contributed by atoms with van der Waals surface area (Å²) in [5.74, 6) is 1.34. The second-order valence-corrected chi connectivity index (χ2v) is 7.16. The number of nitrogens with zero attached hydrogens (tertiary/aromatic N) is 3. The fourth-order valence-electron chi connectivity index (χ4n) is 2.66. The minimum Gasteiger partial charge on any atom is -0.357 e. The van der Waals surface area contributed by atoms with Gasteiger partial charge in [0, 0.05) is 37.4 Å². The molecule has 0 fully saturated rings. The SMILES string of the molecule is CCNC(=NCC(C)(C)c1ccccc1)NCC(C)Cn1cccn1.I. The number of aromatic nitrogens is 2. The summed E-state index contributed by atoms with van der Waals surface area (Å²) in [5.41, 5.74) is 1.31. The molecule has 0 saturated carbocycles. The molecular weight excluding hydrogens is 437 g/mol. The third kappa shape index (κ3) is 7.35. The van der Waals surface area contributed by atoms with Crippen LogP contribution in [0, 0.1) is 5.92 Å². The van der Waals surface area contributed by atoms with E-state index in [4.69, 9.17) is 4.99 Å². The lowest BCUT2D eigenvalue weighted by Crippen LogP contribution is -2.41. The standard InChI is InChI=1S/C20H31N5.HI/c1-5-21-19(22-14-17(2)15-25-13-9-12-24-25)23-16-20(3,4)18-10-7-6-8-11-18;/h6-13,17H,5,14-16H2,1-4H3,(H2,21,22,23);1H. The van der Waals surface area contributed by atoms with E-state index in [-0.39, 0.29) is 29.4 Å². The van der Waals surface area contributed by atoms with Gasteiger partial charge >= 0.3 is 0 Å². The van der Waals surface area contributed by atoms with E-state index in [1.54, 1.807) is 0 Å². The first-order valence-electron chi connectivity index (χ1n) is 9.06. The Morgan fingerprint density at radius 3 is 2.54 bits per heavy atom. The molecule has 2 N–H and O–H groups in total. The average Bonchev–Trinajstić information content (AvgIpc) is 3.11. The van der Waals surface area contributed by atoms with E-state index in [0.29, 0.717) is 5.92 Å². The molecule has 6 heteroatoms. The summed E-state index contributed by atoms with van der Waals surface area (Å²) in [7, 11) is 0. The van der Waals surface area contributed by atoms with Crippen molar-refractivity contribution < 1.29 is 0 Å². The van der Waals surface area contributed by atoms with Gasteiger partial charge in [0.05, 0.1) is 6.54 Å². The maximum Gasteiger partial charge on any atom is 0.191 e. The molecule has 1 aromatic carbocycles. The zero-order valence-electron chi connectivity index (χ0n) is 16.3. The second kappa shape index (κ2) is 11.2. The van der Waals surface area contributed by atoms with Gasteiger partial charge in [0.15, 0.2) is 5.96 Å². The van der Waals surface area contributed by atoms with Gasteiger partial charge in [0.25, 0.3) is 0 Å². The first kappa shape index (κ1) is 22.5. The van der Waals surface area contributed by atoms with Crippen LogP contribution in [0.4, 0.5) is 0 Å². The Balaban J connectivity index is 0.00000338. The lowest BCUT2D eigenvalue weighted by atomic mass is 9.85. The van der Waals surface area contributed by atoms with Crippen molar-refractivity contribution >= 4 is 29.9 Å². The molecule has 2 aromatic rings. The number of nitrogens with one attached hydrogen (secondary N) is 2. The third-order valence-corrected chi connectivity index (χ3v) is 4.21. The number of guanidine groups is 1. The largest absolute Gasteiger partial charge is 0.357 e. The quantitative estimate of drug-likeness (QED) is 0.353.